The van der Waals surface area contributed by atoms with Gasteiger partial charge in [0.25, 0.3) is 10.0 Å². The maximum absolute atomic E-state index is 12.4. The fraction of sp³-hybridized carbons (Fsp3) is 0.688. The third-order valence-corrected chi connectivity index (χ3v) is 8.23. The Balaban J connectivity index is 0.00000243. The van der Waals surface area contributed by atoms with Gasteiger partial charge in [-0.3, -0.25) is 4.99 Å². The van der Waals surface area contributed by atoms with Crippen LogP contribution in [0, 0.1) is 5.41 Å². The number of guanidine groups is 1. The normalized spacial score (nSPS) is 23.7. The summed E-state index contributed by atoms with van der Waals surface area (Å²) in [6.07, 6.45) is 2.24. The molecule has 0 amide bonds. The van der Waals surface area contributed by atoms with Crippen LogP contribution in [-0.4, -0.2) is 77.1 Å². The first-order valence-electron chi connectivity index (χ1n) is 8.50. The number of nitrogens with zero attached hydrogens (tertiary/aromatic N) is 3. The number of sulfonamides is 1. The number of hydrogen-bond acceptors (Lipinski definition) is 5. The summed E-state index contributed by atoms with van der Waals surface area (Å²) in [4.78, 5) is 6.61. The van der Waals surface area contributed by atoms with E-state index in [0.29, 0.717) is 17.3 Å². The Labute approximate surface area is 176 Å². The van der Waals surface area contributed by atoms with Crippen LogP contribution in [0.1, 0.15) is 12.8 Å². The highest BCUT2D eigenvalue weighted by molar-refractivity contribution is 14.0. The van der Waals surface area contributed by atoms with Gasteiger partial charge in [0.05, 0.1) is 6.61 Å². The van der Waals surface area contributed by atoms with E-state index in [-0.39, 0.29) is 29.4 Å². The molecular weight excluding hydrogens is 487 g/mol. The fourth-order valence-corrected chi connectivity index (χ4v) is 5.80. The topological polar surface area (TPSA) is 74.2 Å². The molecule has 1 aromatic rings. The molecule has 10 heteroatoms. The van der Waals surface area contributed by atoms with Crippen LogP contribution in [0.4, 0.5) is 0 Å². The van der Waals surface area contributed by atoms with Crippen molar-refractivity contribution in [2.45, 2.75) is 17.1 Å². The van der Waals surface area contributed by atoms with E-state index < -0.39 is 10.0 Å². The second-order valence-corrected chi connectivity index (χ2v) is 9.93. The lowest BCUT2D eigenvalue weighted by Gasteiger charge is -2.25. The molecule has 1 unspecified atom stereocenters. The van der Waals surface area contributed by atoms with Crippen LogP contribution in [-0.2, 0) is 14.8 Å². The van der Waals surface area contributed by atoms with E-state index in [1.165, 1.54) is 15.6 Å². The Morgan fingerprint density at radius 1 is 1.50 bits per heavy atom. The van der Waals surface area contributed by atoms with E-state index in [1.54, 1.807) is 31.6 Å². The largest absolute Gasteiger partial charge is 0.381 e. The van der Waals surface area contributed by atoms with Crippen molar-refractivity contribution in [1.82, 2.24) is 14.5 Å². The molecule has 148 valence electrons. The summed E-state index contributed by atoms with van der Waals surface area (Å²) < 4.78 is 32.2. The third-order valence-electron chi connectivity index (χ3n) is 5.00. The molecule has 2 saturated heterocycles. The van der Waals surface area contributed by atoms with E-state index in [1.807, 2.05) is 0 Å². The van der Waals surface area contributed by atoms with Gasteiger partial charge in [-0.05, 0) is 24.3 Å². The predicted molar refractivity (Wildman–Crippen MR) is 115 cm³/mol. The van der Waals surface area contributed by atoms with Gasteiger partial charge in [0, 0.05) is 52.3 Å². The molecule has 0 saturated carbocycles. The van der Waals surface area contributed by atoms with Gasteiger partial charge < -0.3 is 15.0 Å². The molecule has 0 aromatic carbocycles. The van der Waals surface area contributed by atoms with E-state index in [0.717, 1.165) is 45.1 Å². The first kappa shape index (κ1) is 21.9. The zero-order valence-electron chi connectivity index (χ0n) is 15.2. The van der Waals surface area contributed by atoms with E-state index >= 15 is 0 Å². The average molecular weight is 514 g/mol. The minimum Gasteiger partial charge on any atom is -0.381 e. The smallest absolute Gasteiger partial charge is 0.252 e. The molecule has 26 heavy (non-hydrogen) atoms. The number of rotatable bonds is 5. The quantitative estimate of drug-likeness (QED) is 0.368. The lowest BCUT2D eigenvalue weighted by molar-refractivity contribution is 0.156. The van der Waals surface area contributed by atoms with Crippen LogP contribution in [0.2, 0.25) is 0 Å². The van der Waals surface area contributed by atoms with Gasteiger partial charge >= 0.3 is 0 Å². The van der Waals surface area contributed by atoms with Crippen molar-refractivity contribution in [1.29, 1.82) is 0 Å². The Morgan fingerprint density at radius 3 is 2.92 bits per heavy atom. The number of ether oxygens (including phenoxy) is 1. The molecule has 3 heterocycles. The van der Waals surface area contributed by atoms with Crippen molar-refractivity contribution in [3.05, 3.63) is 17.5 Å². The highest BCUT2D eigenvalue weighted by atomic mass is 127. The Hall–Kier alpha value is -0.430. The predicted octanol–water partition coefficient (Wildman–Crippen LogP) is 1.67. The number of hydrogen-bond donors (Lipinski definition) is 1. The van der Waals surface area contributed by atoms with Crippen LogP contribution in [0.5, 0.6) is 0 Å². The number of aliphatic imine (C=N–C) groups is 1. The third kappa shape index (κ3) is 4.70. The molecule has 0 aliphatic carbocycles. The van der Waals surface area contributed by atoms with Crippen molar-refractivity contribution in [2.24, 2.45) is 10.4 Å². The summed E-state index contributed by atoms with van der Waals surface area (Å²) in [6.45, 7) is 4.52. The number of likely N-dealkylation sites (tertiary alicyclic amines) is 1. The first-order chi connectivity index (χ1) is 12.0. The van der Waals surface area contributed by atoms with Crippen LogP contribution < -0.4 is 5.32 Å². The molecule has 0 radical (unpaired) electrons. The minimum absolute atomic E-state index is 0. The molecule has 1 spiro atoms. The lowest BCUT2D eigenvalue weighted by Crippen LogP contribution is -2.44. The maximum Gasteiger partial charge on any atom is 0.252 e. The second-order valence-electron chi connectivity index (χ2n) is 6.71. The van der Waals surface area contributed by atoms with Crippen molar-refractivity contribution < 1.29 is 13.2 Å². The summed E-state index contributed by atoms with van der Waals surface area (Å²) >= 11 is 1.24. The number of nitrogens with one attached hydrogen (secondary N) is 1. The average Bonchev–Trinajstić information content (AvgIpc) is 3.35. The van der Waals surface area contributed by atoms with Crippen molar-refractivity contribution >= 4 is 51.3 Å². The monoisotopic (exact) mass is 514 g/mol. The molecule has 1 atom stereocenters. The van der Waals surface area contributed by atoms with Crippen LogP contribution in [0.15, 0.2) is 26.7 Å². The summed E-state index contributed by atoms with van der Waals surface area (Å²) in [7, 11) is -0.0160. The fourth-order valence-electron chi connectivity index (χ4n) is 3.43. The highest BCUT2D eigenvalue weighted by Gasteiger charge is 2.42. The van der Waals surface area contributed by atoms with Gasteiger partial charge in [-0.2, -0.15) is 4.31 Å². The van der Waals surface area contributed by atoms with Gasteiger partial charge in [0.15, 0.2) is 5.96 Å². The lowest BCUT2D eigenvalue weighted by atomic mass is 9.87. The van der Waals surface area contributed by atoms with Crippen molar-refractivity contribution in [2.75, 3.05) is 53.5 Å². The van der Waals surface area contributed by atoms with Gasteiger partial charge in [0.2, 0.25) is 0 Å². The van der Waals surface area contributed by atoms with Crippen LogP contribution in [0.3, 0.4) is 0 Å². The maximum atomic E-state index is 12.4. The van der Waals surface area contributed by atoms with Crippen molar-refractivity contribution in [3.8, 4) is 0 Å². The molecule has 1 aromatic heterocycles. The summed E-state index contributed by atoms with van der Waals surface area (Å²) in [5.74, 6) is 0.839. The second kappa shape index (κ2) is 9.18. The summed E-state index contributed by atoms with van der Waals surface area (Å²) in [5, 5.41) is 5.07. The first-order valence-corrected chi connectivity index (χ1v) is 10.8. The zero-order valence-corrected chi connectivity index (χ0v) is 19.1. The standard InChI is InChI=1S/C16H26N4O3S2.HI/c1-17-15(20-8-5-16(12-20)6-10-23-13-16)18-7-9-19(2)25(21,22)14-4-3-11-24-14;/h3-4,11H,5-10,12-13H2,1-2H3,(H,17,18);1H. The summed E-state index contributed by atoms with van der Waals surface area (Å²) in [5.41, 5.74) is 0.275. The summed E-state index contributed by atoms with van der Waals surface area (Å²) in [6, 6.07) is 3.39. The number of likely N-dealkylation sites (N-methyl/N-ethyl adjacent to an activating group) is 1. The Morgan fingerprint density at radius 2 is 2.31 bits per heavy atom. The van der Waals surface area contributed by atoms with Crippen LogP contribution in [0.25, 0.3) is 0 Å². The van der Waals surface area contributed by atoms with E-state index in [9.17, 15) is 8.42 Å². The number of halogens is 1. The molecule has 7 nitrogen and oxygen atoms in total. The van der Waals surface area contributed by atoms with Gasteiger partial charge in [-0.1, -0.05) is 6.07 Å². The molecular formula is C16H27IN4O3S2. The molecule has 2 aliphatic heterocycles. The SMILES string of the molecule is CN=C(NCCN(C)S(=O)(=O)c1cccs1)N1CCC2(CCOC2)C1.I. The number of thiophene rings is 1. The zero-order chi connectivity index (χ0) is 17.9. The molecule has 0 bridgehead atoms. The van der Waals surface area contributed by atoms with Gasteiger partial charge in [-0.15, -0.1) is 35.3 Å². The Kier molecular flexibility index (Phi) is 7.72. The highest BCUT2D eigenvalue weighted by Crippen LogP contribution is 2.38. The van der Waals surface area contributed by atoms with E-state index in [4.69, 9.17) is 4.74 Å². The Bertz CT molecular complexity index is 703. The molecule has 3 rings (SSSR count). The minimum atomic E-state index is -3.40. The van der Waals surface area contributed by atoms with Crippen LogP contribution >= 0.6 is 35.3 Å². The molecule has 2 fully saturated rings. The van der Waals surface area contributed by atoms with Gasteiger partial charge in [-0.25, -0.2) is 8.42 Å². The van der Waals surface area contributed by atoms with Gasteiger partial charge in [0.1, 0.15) is 4.21 Å². The molecule has 1 N–H and O–H groups in total. The molecule has 2 aliphatic rings. The van der Waals surface area contributed by atoms with Crippen molar-refractivity contribution in [3.63, 3.8) is 0 Å². The van der Waals surface area contributed by atoms with E-state index in [2.05, 4.69) is 15.2 Å².